The van der Waals surface area contributed by atoms with Gasteiger partial charge in [-0.3, -0.25) is 9.88 Å². The van der Waals surface area contributed by atoms with Crippen LogP contribution in [-0.4, -0.2) is 51.0 Å². The maximum atomic E-state index is 13.2. The van der Waals surface area contributed by atoms with Crippen LogP contribution in [-0.2, 0) is 10.0 Å². The number of piperazine rings is 1. The Hall–Kier alpha value is -2.88. The summed E-state index contributed by atoms with van der Waals surface area (Å²) >= 11 is 0. The Kier molecular flexibility index (Phi) is 6.78. The summed E-state index contributed by atoms with van der Waals surface area (Å²) in [6, 6.07) is 14.7. The third kappa shape index (κ3) is 5.29. The average molecular weight is 459 g/mol. The number of halogens is 2. The van der Waals surface area contributed by atoms with Gasteiger partial charge in [0.25, 0.3) is 0 Å². The van der Waals surface area contributed by atoms with Crippen molar-refractivity contribution in [3.05, 3.63) is 90.3 Å². The van der Waals surface area contributed by atoms with Crippen LogP contribution in [0.1, 0.15) is 11.6 Å². The molecule has 0 aliphatic carbocycles. The number of sulfonamides is 1. The van der Waals surface area contributed by atoms with E-state index in [0.717, 1.165) is 36.5 Å². The molecule has 1 aliphatic heterocycles. The van der Waals surface area contributed by atoms with Crippen molar-refractivity contribution in [2.45, 2.75) is 10.9 Å². The third-order valence-electron chi connectivity index (χ3n) is 5.61. The molecule has 2 aromatic carbocycles. The lowest BCUT2D eigenvalue weighted by Crippen LogP contribution is -2.50. The Morgan fingerprint density at radius 3 is 2.12 bits per heavy atom. The fourth-order valence-corrected chi connectivity index (χ4v) is 4.90. The highest BCUT2D eigenvalue weighted by Gasteiger charge is 2.27. The summed E-state index contributed by atoms with van der Waals surface area (Å²) in [6.07, 6.45) is 3.42. The van der Waals surface area contributed by atoms with Crippen LogP contribution in [0.5, 0.6) is 0 Å². The Morgan fingerprint density at radius 2 is 1.53 bits per heavy atom. The minimum absolute atomic E-state index is 0.0185. The van der Waals surface area contributed by atoms with Gasteiger partial charge in [0.2, 0.25) is 10.0 Å². The molecule has 0 radical (unpaired) electrons. The SMILES string of the molecule is O=S(=O)(NC[C@H](c1cccnc1)N1CCN(c2ccc(F)cc2)CC1)c1ccc(F)cc1. The van der Waals surface area contributed by atoms with Gasteiger partial charge >= 0.3 is 0 Å². The first-order chi connectivity index (χ1) is 15.4. The van der Waals surface area contributed by atoms with Crippen LogP contribution in [0.2, 0.25) is 0 Å². The van der Waals surface area contributed by atoms with E-state index in [-0.39, 0.29) is 23.3 Å². The Balaban J connectivity index is 1.47. The standard InChI is InChI=1S/C23H24F2N4O2S/c24-19-3-7-21(8-4-19)28-12-14-29(15-13-28)23(18-2-1-11-26-16-18)17-27-32(30,31)22-9-5-20(25)6-10-22/h1-11,16,23,27H,12-15,17H2/t23-/m1/s1. The molecule has 1 N–H and O–H groups in total. The van der Waals surface area contributed by atoms with Crippen LogP contribution < -0.4 is 9.62 Å². The molecule has 4 rings (SSSR count). The van der Waals surface area contributed by atoms with Crippen molar-refractivity contribution in [1.29, 1.82) is 0 Å². The Morgan fingerprint density at radius 1 is 0.906 bits per heavy atom. The molecule has 1 aliphatic rings. The van der Waals surface area contributed by atoms with Crippen LogP contribution in [0.15, 0.2) is 78.0 Å². The summed E-state index contributed by atoms with van der Waals surface area (Å²) in [5.41, 5.74) is 1.87. The molecule has 1 atom stereocenters. The monoisotopic (exact) mass is 458 g/mol. The van der Waals surface area contributed by atoms with Crippen molar-refractivity contribution in [2.75, 3.05) is 37.6 Å². The first kappa shape index (κ1) is 22.3. The van der Waals surface area contributed by atoms with E-state index in [2.05, 4.69) is 19.5 Å². The van der Waals surface area contributed by atoms with Gasteiger partial charge in [-0.1, -0.05) is 6.07 Å². The van der Waals surface area contributed by atoms with E-state index >= 15 is 0 Å². The summed E-state index contributed by atoms with van der Waals surface area (Å²) in [7, 11) is -3.79. The predicted molar refractivity (Wildman–Crippen MR) is 119 cm³/mol. The molecular formula is C23H24F2N4O2S. The van der Waals surface area contributed by atoms with E-state index in [0.29, 0.717) is 13.1 Å². The van der Waals surface area contributed by atoms with Gasteiger partial charge in [0.05, 0.1) is 10.9 Å². The first-order valence-corrected chi connectivity index (χ1v) is 11.8. The number of aromatic nitrogens is 1. The van der Waals surface area contributed by atoms with Crippen molar-refractivity contribution in [2.24, 2.45) is 0 Å². The van der Waals surface area contributed by atoms with Gasteiger partial charge < -0.3 is 4.90 Å². The van der Waals surface area contributed by atoms with E-state index < -0.39 is 15.8 Å². The number of anilines is 1. The maximum Gasteiger partial charge on any atom is 0.240 e. The number of hydrogen-bond acceptors (Lipinski definition) is 5. The fourth-order valence-electron chi connectivity index (χ4n) is 3.86. The molecule has 0 bridgehead atoms. The number of pyridine rings is 1. The molecule has 32 heavy (non-hydrogen) atoms. The van der Waals surface area contributed by atoms with Crippen LogP contribution in [0.25, 0.3) is 0 Å². The lowest BCUT2D eigenvalue weighted by atomic mass is 10.1. The van der Waals surface area contributed by atoms with Gasteiger partial charge in [-0.25, -0.2) is 21.9 Å². The van der Waals surface area contributed by atoms with Crippen molar-refractivity contribution < 1.29 is 17.2 Å². The average Bonchev–Trinajstić information content (AvgIpc) is 2.81. The molecule has 9 heteroatoms. The molecular weight excluding hydrogens is 434 g/mol. The molecule has 1 aromatic heterocycles. The Bertz CT molecular complexity index is 1120. The van der Waals surface area contributed by atoms with Crippen LogP contribution >= 0.6 is 0 Å². The minimum Gasteiger partial charge on any atom is -0.369 e. The number of hydrogen-bond donors (Lipinski definition) is 1. The highest BCUT2D eigenvalue weighted by Crippen LogP contribution is 2.24. The highest BCUT2D eigenvalue weighted by atomic mass is 32.2. The minimum atomic E-state index is -3.79. The first-order valence-electron chi connectivity index (χ1n) is 10.3. The lowest BCUT2D eigenvalue weighted by Gasteiger charge is -2.40. The summed E-state index contributed by atoms with van der Waals surface area (Å²) in [5, 5.41) is 0. The van der Waals surface area contributed by atoms with Crippen LogP contribution in [0, 0.1) is 11.6 Å². The number of rotatable bonds is 7. The van der Waals surface area contributed by atoms with Crippen molar-refractivity contribution >= 4 is 15.7 Å². The second kappa shape index (κ2) is 9.72. The van der Waals surface area contributed by atoms with Gasteiger partial charge in [-0.2, -0.15) is 0 Å². The van der Waals surface area contributed by atoms with Gasteiger partial charge in [0.1, 0.15) is 11.6 Å². The van der Waals surface area contributed by atoms with E-state index in [9.17, 15) is 17.2 Å². The van der Waals surface area contributed by atoms with Gasteiger partial charge in [-0.05, 0) is 60.2 Å². The smallest absolute Gasteiger partial charge is 0.240 e. The van der Waals surface area contributed by atoms with Gasteiger partial charge in [-0.15, -0.1) is 0 Å². The number of benzene rings is 2. The molecule has 6 nitrogen and oxygen atoms in total. The molecule has 0 spiro atoms. The molecule has 1 saturated heterocycles. The summed E-state index contributed by atoms with van der Waals surface area (Å²) in [6.45, 7) is 3.02. The molecule has 168 valence electrons. The second-order valence-electron chi connectivity index (χ2n) is 7.61. The van der Waals surface area contributed by atoms with E-state index in [1.807, 2.05) is 12.1 Å². The zero-order valence-corrected chi connectivity index (χ0v) is 18.2. The highest BCUT2D eigenvalue weighted by molar-refractivity contribution is 7.89. The van der Waals surface area contributed by atoms with Crippen molar-refractivity contribution in [3.8, 4) is 0 Å². The summed E-state index contributed by atoms with van der Waals surface area (Å²) in [4.78, 5) is 8.60. The van der Waals surface area contributed by atoms with Crippen LogP contribution in [0.4, 0.5) is 14.5 Å². The molecule has 3 aromatic rings. The molecule has 0 amide bonds. The lowest BCUT2D eigenvalue weighted by molar-refractivity contribution is 0.186. The largest absolute Gasteiger partial charge is 0.369 e. The maximum absolute atomic E-state index is 13.2. The molecule has 0 saturated carbocycles. The molecule has 0 unspecified atom stereocenters. The van der Waals surface area contributed by atoms with E-state index in [1.165, 1.54) is 24.3 Å². The quantitative estimate of drug-likeness (QED) is 0.589. The van der Waals surface area contributed by atoms with Crippen molar-refractivity contribution in [1.82, 2.24) is 14.6 Å². The van der Waals surface area contributed by atoms with Crippen LogP contribution in [0.3, 0.4) is 0 Å². The second-order valence-corrected chi connectivity index (χ2v) is 9.37. The fraction of sp³-hybridized carbons (Fsp3) is 0.261. The molecule has 2 heterocycles. The number of nitrogens with zero attached hydrogens (tertiary/aromatic N) is 3. The Labute approximate surface area is 186 Å². The number of nitrogens with one attached hydrogen (secondary N) is 1. The normalized spacial score (nSPS) is 16.1. The van der Waals surface area contributed by atoms with Gasteiger partial charge in [0, 0.05) is 50.8 Å². The van der Waals surface area contributed by atoms with E-state index in [1.54, 1.807) is 24.5 Å². The van der Waals surface area contributed by atoms with Gasteiger partial charge in [0.15, 0.2) is 0 Å². The third-order valence-corrected chi connectivity index (χ3v) is 7.05. The molecule has 1 fully saturated rings. The zero-order chi connectivity index (χ0) is 22.6. The van der Waals surface area contributed by atoms with Crippen molar-refractivity contribution in [3.63, 3.8) is 0 Å². The summed E-state index contributed by atoms with van der Waals surface area (Å²) in [5.74, 6) is -0.756. The zero-order valence-electron chi connectivity index (χ0n) is 17.4. The summed E-state index contributed by atoms with van der Waals surface area (Å²) < 4.78 is 54.5. The van der Waals surface area contributed by atoms with E-state index in [4.69, 9.17) is 0 Å². The topological polar surface area (TPSA) is 65.5 Å². The predicted octanol–water partition coefficient (Wildman–Crippen LogP) is 3.20.